The lowest BCUT2D eigenvalue weighted by Gasteiger charge is -2.02. The third-order valence-electron chi connectivity index (χ3n) is 2.14. The molecule has 17 heavy (non-hydrogen) atoms. The monoisotopic (exact) mass is 234 g/mol. The second-order valence-electron chi connectivity index (χ2n) is 3.42. The van der Waals surface area contributed by atoms with Gasteiger partial charge >= 0.3 is 0 Å². The van der Waals surface area contributed by atoms with Gasteiger partial charge in [0, 0.05) is 0 Å². The van der Waals surface area contributed by atoms with Gasteiger partial charge in [-0.25, -0.2) is 4.39 Å². The summed E-state index contributed by atoms with van der Waals surface area (Å²) >= 11 is 0. The largest absolute Gasteiger partial charge is 0.373 e. The Morgan fingerprint density at radius 3 is 2.59 bits per heavy atom. The van der Waals surface area contributed by atoms with Gasteiger partial charge in [-0.1, -0.05) is 17.3 Å². The molecule has 5 nitrogen and oxygen atoms in total. The van der Waals surface area contributed by atoms with E-state index in [4.69, 9.17) is 4.84 Å². The van der Waals surface area contributed by atoms with E-state index < -0.39 is 0 Å². The maximum atomic E-state index is 12.7. The second kappa shape index (κ2) is 5.20. The van der Waals surface area contributed by atoms with Crippen molar-refractivity contribution in [2.24, 2.45) is 5.16 Å². The maximum absolute atomic E-state index is 12.7. The summed E-state index contributed by atoms with van der Waals surface area (Å²) in [4.78, 5) is 5.10. The summed E-state index contributed by atoms with van der Waals surface area (Å²) in [6.45, 7) is 2.03. The molecule has 1 heterocycles. The average molecular weight is 234 g/mol. The third kappa shape index (κ3) is 3.10. The van der Waals surface area contributed by atoms with E-state index in [2.05, 4.69) is 15.4 Å². The molecule has 0 spiro atoms. The van der Waals surface area contributed by atoms with Crippen LogP contribution in [0.25, 0.3) is 0 Å². The van der Waals surface area contributed by atoms with Crippen LogP contribution in [0.5, 0.6) is 0 Å². The Labute approximate surface area is 97.5 Å². The molecule has 0 saturated heterocycles. The normalized spacial score (nSPS) is 11.5. The van der Waals surface area contributed by atoms with E-state index in [0.29, 0.717) is 5.71 Å². The quantitative estimate of drug-likeness (QED) is 0.599. The zero-order valence-electron chi connectivity index (χ0n) is 9.25. The first-order chi connectivity index (χ1) is 8.25. The smallest absolute Gasteiger partial charge is 0.195 e. The van der Waals surface area contributed by atoms with Gasteiger partial charge in [0.25, 0.3) is 0 Å². The molecule has 6 heteroatoms. The van der Waals surface area contributed by atoms with Crippen LogP contribution in [0.15, 0.2) is 42.1 Å². The highest BCUT2D eigenvalue weighted by molar-refractivity contribution is 5.98. The molecule has 88 valence electrons. The lowest BCUT2D eigenvalue weighted by atomic mass is 10.1. The van der Waals surface area contributed by atoms with Crippen molar-refractivity contribution in [2.45, 2.75) is 13.7 Å². The van der Waals surface area contributed by atoms with E-state index in [1.165, 1.54) is 24.8 Å². The number of nitrogens with zero attached hydrogens (tertiary/aromatic N) is 4. The molecule has 1 aromatic carbocycles. The number of hydrogen-bond donors (Lipinski definition) is 0. The van der Waals surface area contributed by atoms with Crippen molar-refractivity contribution in [1.82, 2.24) is 14.8 Å². The van der Waals surface area contributed by atoms with Crippen molar-refractivity contribution in [3.05, 3.63) is 48.3 Å². The van der Waals surface area contributed by atoms with Crippen LogP contribution in [0.3, 0.4) is 0 Å². The molecule has 0 fully saturated rings. The van der Waals surface area contributed by atoms with Crippen molar-refractivity contribution < 1.29 is 9.23 Å². The highest BCUT2D eigenvalue weighted by Gasteiger charge is 1.98. The van der Waals surface area contributed by atoms with Crippen LogP contribution < -0.4 is 0 Å². The number of benzene rings is 1. The van der Waals surface area contributed by atoms with Crippen LogP contribution in [0, 0.1) is 5.82 Å². The zero-order valence-corrected chi connectivity index (χ0v) is 9.25. The minimum Gasteiger partial charge on any atom is -0.373 e. The fourth-order valence-corrected chi connectivity index (χ4v) is 1.22. The molecule has 0 aliphatic rings. The molecule has 0 N–H and O–H groups in total. The van der Waals surface area contributed by atoms with Gasteiger partial charge < -0.3 is 4.84 Å². The van der Waals surface area contributed by atoms with Crippen LogP contribution in [-0.2, 0) is 11.6 Å². The average Bonchev–Trinajstić information content (AvgIpc) is 2.83. The third-order valence-corrected chi connectivity index (χ3v) is 2.14. The van der Waals surface area contributed by atoms with E-state index in [-0.39, 0.29) is 12.5 Å². The molecule has 0 bridgehead atoms. The topological polar surface area (TPSA) is 52.3 Å². The van der Waals surface area contributed by atoms with Crippen molar-refractivity contribution >= 4 is 5.71 Å². The number of hydrogen-bond acceptors (Lipinski definition) is 4. The van der Waals surface area contributed by atoms with E-state index in [9.17, 15) is 4.39 Å². The van der Waals surface area contributed by atoms with Gasteiger partial charge in [-0.05, 0) is 24.6 Å². The van der Waals surface area contributed by atoms with E-state index in [1.807, 2.05) is 0 Å². The van der Waals surface area contributed by atoms with E-state index >= 15 is 0 Å². The van der Waals surface area contributed by atoms with Gasteiger partial charge in [-0.2, -0.15) is 0 Å². The minimum atomic E-state index is -0.271. The Morgan fingerprint density at radius 1 is 1.29 bits per heavy atom. The van der Waals surface area contributed by atoms with Crippen molar-refractivity contribution in [1.29, 1.82) is 0 Å². The van der Waals surface area contributed by atoms with Gasteiger partial charge in [0.05, 0.1) is 5.71 Å². The van der Waals surface area contributed by atoms with Gasteiger partial charge in [0.2, 0.25) is 0 Å². The molecular formula is C11H11FN4O. The Kier molecular flexibility index (Phi) is 3.44. The Hall–Kier alpha value is -2.24. The predicted molar refractivity (Wildman–Crippen MR) is 59.7 cm³/mol. The molecule has 2 aromatic rings. The molecule has 0 aliphatic heterocycles. The molecule has 0 amide bonds. The molecule has 0 atom stereocenters. The first kappa shape index (κ1) is 11.3. The molecular weight excluding hydrogens is 223 g/mol. The first-order valence-electron chi connectivity index (χ1n) is 5.00. The first-order valence-corrected chi connectivity index (χ1v) is 5.00. The number of aromatic nitrogens is 3. The lowest BCUT2D eigenvalue weighted by Crippen LogP contribution is -2.00. The van der Waals surface area contributed by atoms with E-state index in [0.717, 1.165) is 5.56 Å². The molecule has 0 radical (unpaired) electrons. The van der Waals surface area contributed by atoms with Crippen LogP contribution in [0.1, 0.15) is 12.5 Å². The Bertz CT molecular complexity index is 493. The SMILES string of the molecule is C/C(=N/OCn1cnnc1)c1ccc(F)cc1. The summed E-state index contributed by atoms with van der Waals surface area (Å²) in [6.07, 6.45) is 3.06. The Balaban J connectivity index is 1.95. The maximum Gasteiger partial charge on any atom is 0.195 e. The summed E-state index contributed by atoms with van der Waals surface area (Å²) in [5.74, 6) is -0.271. The standard InChI is InChI=1S/C11H11FN4O/c1-9(10-2-4-11(12)5-3-10)15-17-8-16-6-13-14-7-16/h2-7H,8H2,1H3/b15-9-. The van der Waals surface area contributed by atoms with Crippen LogP contribution in [-0.4, -0.2) is 20.5 Å². The van der Waals surface area contributed by atoms with E-state index in [1.54, 1.807) is 23.6 Å². The molecule has 0 aliphatic carbocycles. The fraction of sp³-hybridized carbons (Fsp3) is 0.182. The van der Waals surface area contributed by atoms with Crippen LogP contribution >= 0.6 is 0 Å². The molecule has 0 unspecified atom stereocenters. The van der Waals surface area contributed by atoms with Crippen LogP contribution in [0.4, 0.5) is 4.39 Å². The lowest BCUT2D eigenvalue weighted by molar-refractivity contribution is 0.0837. The number of oxime groups is 1. The summed E-state index contributed by atoms with van der Waals surface area (Å²) < 4.78 is 14.3. The summed E-state index contributed by atoms with van der Waals surface area (Å²) in [6, 6.07) is 6.06. The molecule has 1 aromatic heterocycles. The van der Waals surface area contributed by atoms with Gasteiger partial charge in [-0.15, -0.1) is 10.2 Å². The fourth-order valence-electron chi connectivity index (χ4n) is 1.22. The van der Waals surface area contributed by atoms with Crippen molar-refractivity contribution in [2.75, 3.05) is 0 Å². The Morgan fingerprint density at radius 2 is 1.94 bits per heavy atom. The zero-order chi connectivity index (χ0) is 12.1. The summed E-state index contributed by atoms with van der Waals surface area (Å²) in [5, 5.41) is 11.2. The van der Waals surface area contributed by atoms with Crippen molar-refractivity contribution in [3.63, 3.8) is 0 Å². The van der Waals surface area contributed by atoms with Crippen LogP contribution in [0.2, 0.25) is 0 Å². The second-order valence-corrected chi connectivity index (χ2v) is 3.42. The molecule has 2 rings (SSSR count). The minimum absolute atomic E-state index is 0.242. The van der Waals surface area contributed by atoms with Gasteiger partial charge in [0.15, 0.2) is 6.73 Å². The predicted octanol–water partition coefficient (Wildman–Crippen LogP) is 1.82. The number of rotatable bonds is 4. The summed E-state index contributed by atoms with van der Waals surface area (Å²) in [7, 11) is 0. The van der Waals surface area contributed by atoms with Gasteiger partial charge in [0.1, 0.15) is 18.5 Å². The highest BCUT2D eigenvalue weighted by atomic mass is 19.1. The molecule has 0 saturated carbocycles. The van der Waals surface area contributed by atoms with Crippen molar-refractivity contribution in [3.8, 4) is 0 Å². The highest BCUT2D eigenvalue weighted by Crippen LogP contribution is 2.04. The number of halogens is 1. The summed E-state index contributed by atoms with van der Waals surface area (Å²) in [5.41, 5.74) is 1.49. The van der Waals surface area contributed by atoms with Gasteiger partial charge in [-0.3, -0.25) is 4.57 Å².